The Morgan fingerprint density at radius 1 is 0.925 bits per heavy atom. The van der Waals surface area contributed by atoms with E-state index in [0.717, 1.165) is 22.9 Å². The van der Waals surface area contributed by atoms with Crippen molar-refractivity contribution in [2.75, 3.05) is 31.1 Å². The van der Waals surface area contributed by atoms with Gasteiger partial charge in [-0.25, -0.2) is 13.5 Å². The normalized spacial score (nSPS) is 15.0. The Labute approximate surface area is 229 Å². The molecule has 204 valence electrons. The van der Waals surface area contributed by atoms with Crippen LogP contribution in [0.2, 0.25) is 0 Å². The number of H-pyrrole nitrogens is 1. The zero-order chi connectivity index (χ0) is 27.6. The van der Waals surface area contributed by atoms with Gasteiger partial charge in [0.25, 0.3) is 5.56 Å². The third-order valence-electron chi connectivity index (χ3n) is 7.56. The summed E-state index contributed by atoms with van der Waals surface area (Å²) in [4.78, 5) is 20.8. The van der Waals surface area contributed by atoms with Crippen LogP contribution in [0.3, 0.4) is 0 Å². The fraction of sp³-hybridized carbons (Fsp3) is 0.267. The first-order valence-corrected chi connectivity index (χ1v) is 13.4. The number of hydrogen-bond acceptors (Lipinski definition) is 6. The summed E-state index contributed by atoms with van der Waals surface area (Å²) in [6.07, 6.45) is 0.877. The van der Waals surface area contributed by atoms with Crippen LogP contribution in [0.15, 0.2) is 77.6 Å². The highest BCUT2D eigenvalue weighted by atomic mass is 19.1. The molecule has 10 heteroatoms. The molecule has 8 nitrogen and oxygen atoms in total. The molecule has 3 aromatic carbocycles. The van der Waals surface area contributed by atoms with E-state index in [0.29, 0.717) is 49.8 Å². The summed E-state index contributed by atoms with van der Waals surface area (Å²) >= 11 is 0. The first-order chi connectivity index (χ1) is 19.5. The van der Waals surface area contributed by atoms with E-state index in [4.69, 9.17) is 0 Å². The average Bonchev–Trinajstić information content (AvgIpc) is 3.42. The summed E-state index contributed by atoms with van der Waals surface area (Å²) < 4.78 is 29.7. The van der Waals surface area contributed by atoms with Crippen molar-refractivity contribution in [3.8, 4) is 0 Å². The SMILES string of the molecule is CCc1ccc2[nH]c(=O)c([C@@H](c3nnnn3Cc3ccc(F)cc3)N3CCN(c4ccccc4F)CC3)cc2c1. The number of aryl methyl sites for hydroxylation is 1. The second kappa shape index (κ2) is 11.0. The highest BCUT2D eigenvalue weighted by Gasteiger charge is 2.33. The molecule has 0 amide bonds. The van der Waals surface area contributed by atoms with Crippen molar-refractivity contribution in [1.82, 2.24) is 30.1 Å². The van der Waals surface area contributed by atoms with Gasteiger partial charge < -0.3 is 9.88 Å². The summed E-state index contributed by atoms with van der Waals surface area (Å²) in [5, 5.41) is 13.5. The Morgan fingerprint density at radius 2 is 1.68 bits per heavy atom. The molecule has 5 aromatic rings. The lowest BCUT2D eigenvalue weighted by atomic mass is 10.0. The van der Waals surface area contributed by atoms with Crippen molar-refractivity contribution in [1.29, 1.82) is 0 Å². The minimum Gasteiger partial charge on any atom is -0.367 e. The third-order valence-corrected chi connectivity index (χ3v) is 7.56. The Hall–Kier alpha value is -4.44. The second-order valence-electron chi connectivity index (χ2n) is 10.0. The first-order valence-electron chi connectivity index (χ1n) is 13.4. The van der Waals surface area contributed by atoms with Gasteiger partial charge in [-0.3, -0.25) is 9.69 Å². The molecule has 1 aliphatic heterocycles. The van der Waals surface area contributed by atoms with Gasteiger partial charge in [-0.15, -0.1) is 5.10 Å². The molecular formula is C30H29F2N7O. The van der Waals surface area contributed by atoms with Crippen molar-refractivity contribution in [3.63, 3.8) is 0 Å². The zero-order valence-corrected chi connectivity index (χ0v) is 22.1. The first kappa shape index (κ1) is 25.8. The summed E-state index contributed by atoms with van der Waals surface area (Å²) in [5.74, 6) is -0.0611. The smallest absolute Gasteiger partial charge is 0.253 e. The van der Waals surface area contributed by atoms with Gasteiger partial charge in [0.1, 0.15) is 17.7 Å². The second-order valence-corrected chi connectivity index (χ2v) is 10.0. The summed E-state index contributed by atoms with van der Waals surface area (Å²) in [7, 11) is 0. The molecule has 1 N–H and O–H groups in total. The molecule has 2 aromatic heterocycles. The van der Waals surface area contributed by atoms with Crippen molar-refractivity contribution in [3.05, 3.63) is 117 Å². The molecule has 3 heterocycles. The number of aromatic nitrogens is 5. The van der Waals surface area contributed by atoms with Crippen LogP contribution in [0.25, 0.3) is 10.9 Å². The zero-order valence-electron chi connectivity index (χ0n) is 22.1. The van der Waals surface area contributed by atoms with Crippen molar-refractivity contribution >= 4 is 16.6 Å². The Morgan fingerprint density at radius 3 is 2.42 bits per heavy atom. The van der Waals surface area contributed by atoms with E-state index in [-0.39, 0.29) is 17.2 Å². The fourth-order valence-electron chi connectivity index (χ4n) is 5.41. The number of halogens is 2. The van der Waals surface area contributed by atoms with Crippen LogP contribution >= 0.6 is 0 Å². The quantitative estimate of drug-likeness (QED) is 0.331. The van der Waals surface area contributed by atoms with Crippen LogP contribution in [0, 0.1) is 11.6 Å². The highest BCUT2D eigenvalue weighted by Crippen LogP contribution is 2.30. The maximum absolute atomic E-state index is 14.5. The van der Waals surface area contributed by atoms with E-state index in [1.807, 2.05) is 29.2 Å². The lowest BCUT2D eigenvalue weighted by molar-refractivity contribution is 0.200. The number of fused-ring (bicyclic) bond motifs is 1. The number of piperazine rings is 1. The van der Waals surface area contributed by atoms with Gasteiger partial charge in [-0.1, -0.05) is 37.3 Å². The minimum absolute atomic E-state index is 0.213. The predicted molar refractivity (Wildman–Crippen MR) is 149 cm³/mol. The molecular weight excluding hydrogens is 512 g/mol. The minimum atomic E-state index is -0.545. The number of rotatable bonds is 7. The Bertz CT molecular complexity index is 1690. The lowest BCUT2D eigenvalue weighted by Crippen LogP contribution is -2.49. The van der Waals surface area contributed by atoms with Crippen LogP contribution in [0.1, 0.15) is 35.5 Å². The number of nitrogens with zero attached hydrogens (tertiary/aromatic N) is 6. The maximum Gasteiger partial charge on any atom is 0.253 e. The van der Waals surface area contributed by atoms with Crippen molar-refractivity contribution in [2.45, 2.75) is 25.9 Å². The van der Waals surface area contributed by atoms with E-state index in [2.05, 4.69) is 38.4 Å². The third kappa shape index (κ3) is 5.10. The van der Waals surface area contributed by atoms with Crippen LogP contribution in [0.5, 0.6) is 0 Å². The molecule has 1 saturated heterocycles. The van der Waals surface area contributed by atoms with E-state index in [1.54, 1.807) is 28.9 Å². The number of pyridine rings is 1. The molecule has 0 bridgehead atoms. The number of benzene rings is 3. The number of nitrogens with one attached hydrogen (secondary N) is 1. The van der Waals surface area contributed by atoms with E-state index in [9.17, 15) is 13.6 Å². The highest BCUT2D eigenvalue weighted by molar-refractivity contribution is 5.80. The largest absolute Gasteiger partial charge is 0.367 e. The molecule has 1 atom stereocenters. The molecule has 6 rings (SSSR count). The Kier molecular flexibility index (Phi) is 7.08. The van der Waals surface area contributed by atoms with Gasteiger partial charge in [0.15, 0.2) is 5.82 Å². The summed E-state index contributed by atoms with van der Waals surface area (Å²) in [5.41, 5.74) is 3.65. The van der Waals surface area contributed by atoms with Gasteiger partial charge in [-0.2, -0.15) is 0 Å². The van der Waals surface area contributed by atoms with Crippen LogP contribution in [0.4, 0.5) is 14.5 Å². The number of para-hydroxylation sites is 1. The molecule has 0 saturated carbocycles. The molecule has 1 aliphatic rings. The molecule has 0 spiro atoms. The van der Waals surface area contributed by atoms with Crippen LogP contribution in [-0.4, -0.2) is 56.3 Å². The fourth-order valence-corrected chi connectivity index (χ4v) is 5.41. The van der Waals surface area contributed by atoms with Crippen LogP contribution in [-0.2, 0) is 13.0 Å². The topological polar surface area (TPSA) is 82.9 Å². The van der Waals surface area contributed by atoms with Gasteiger partial charge >= 0.3 is 0 Å². The standard InChI is InChI=1S/C30H29F2N7O/c1-2-20-9-12-26-22(17-20)18-24(30(40)33-26)28(29-34-35-36-39(29)19-21-7-10-23(31)11-8-21)38-15-13-37(14-16-38)27-6-4-3-5-25(27)32/h3-12,17-18,28H,2,13-16,19H2,1H3,(H,33,40)/t28-/m0/s1. The molecule has 1 fully saturated rings. The number of anilines is 1. The number of aromatic amines is 1. The van der Waals surface area contributed by atoms with Gasteiger partial charge in [0, 0.05) is 37.3 Å². The molecule has 0 aliphatic carbocycles. The summed E-state index contributed by atoms with van der Waals surface area (Å²) in [6, 6.07) is 20.4. The van der Waals surface area contributed by atoms with Gasteiger partial charge in [0.05, 0.1) is 12.2 Å². The molecule has 0 unspecified atom stereocenters. The number of tetrazole rings is 1. The molecule has 0 radical (unpaired) electrons. The lowest BCUT2D eigenvalue weighted by Gasteiger charge is -2.39. The van der Waals surface area contributed by atoms with Crippen molar-refractivity contribution in [2.24, 2.45) is 0 Å². The molecule has 40 heavy (non-hydrogen) atoms. The van der Waals surface area contributed by atoms with Gasteiger partial charge in [0.2, 0.25) is 0 Å². The monoisotopic (exact) mass is 541 g/mol. The van der Waals surface area contributed by atoms with Gasteiger partial charge in [-0.05, 0) is 75.8 Å². The van der Waals surface area contributed by atoms with E-state index in [1.165, 1.54) is 23.8 Å². The predicted octanol–water partition coefficient (Wildman–Crippen LogP) is 4.32. The number of hydrogen-bond donors (Lipinski definition) is 1. The van der Waals surface area contributed by atoms with E-state index >= 15 is 0 Å². The summed E-state index contributed by atoms with van der Waals surface area (Å²) in [6.45, 7) is 4.68. The van der Waals surface area contributed by atoms with Crippen molar-refractivity contribution < 1.29 is 8.78 Å². The average molecular weight is 542 g/mol. The van der Waals surface area contributed by atoms with E-state index < -0.39 is 6.04 Å². The van der Waals surface area contributed by atoms with Crippen LogP contribution < -0.4 is 10.5 Å². The Balaban J connectivity index is 1.39. The maximum atomic E-state index is 14.5.